The van der Waals surface area contributed by atoms with Gasteiger partial charge >= 0.3 is 0 Å². The van der Waals surface area contributed by atoms with E-state index in [0.29, 0.717) is 19.8 Å². The molecule has 2 aromatic rings. The lowest BCUT2D eigenvalue weighted by Gasteiger charge is -2.07. The van der Waals surface area contributed by atoms with Crippen molar-refractivity contribution < 1.29 is 9.18 Å². The minimum atomic E-state index is -0.330. The van der Waals surface area contributed by atoms with Gasteiger partial charge in [-0.15, -0.1) is 0 Å². The quantitative estimate of drug-likeness (QED) is 0.778. The fourth-order valence-electron chi connectivity index (χ4n) is 1.39. The highest BCUT2D eigenvalue weighted by molar-refractivity contribution is 14.1. The maximum absolute atomic E-state index is 12.9. The van der Waals surface area contributed by atoms with Crippen LogP contribution in [0.2, 0.25) is 5.02 Å². The Morgan fingerprint density at radius 2 is 1.83 bits per heavy atom. The van der Waals surface area contributed by atoms with Crippen molar-refractivity contribution in [3.8, 4) is 0 Å². The molecule has 1 N–H and O–H groups in total. The molecule has 1 amide bonds. The second-order valence-electron chi connectivity index (χ2n) is 3.59. The number of hydrogen-bond donors (Lipinski definition) is 1. The fourth-order valence-corrected chi connectivity index (χ4v) is 2.12. The van der Waals surface area contributed by atoms with Gasteiger partial charge < -0.3 is 5.32 Å². The Morgan fingerprint density at radius 1 is 1.17 bits per heavy atom. The molecular formula is C13H8ClFINO. The zero-order valence-electron chi connectivity index (χ0n) is 9.08. The Labute approximate surface area is 122 Å². The average molecular weight is 376 g/mol. The molecule has 92 valence electrons. The molecule has 0 atom stereocenters. The van der Waals surface area contributed by atoms with Crippen LogP contribution in [0, 0.1) is 9.39 Å². The second kappa shape index (κ2) is 5.67. The van der Waals surface area contributed by atoms with Crippen molar-refractivity contribution in [1.29, 1.82) is 0 Å². The van der Waals surface area contributed by atoms with Gasteiger partial charge in [0.25, 0.3) is 5.91 Å². The Morgan fingerprint density at radius 3 is 2.44 bits per heavy atom. The van der Waals surface area contributed by atoms with Gasteiger partial charge in [-0.05, 0) is 65.1 Å². The summed E-state index contributed by atoms with van der Waals surface area (Å²) in [5, 5.41) is 3.29. The maximum atomic E-state index is 12.9. The summed E-state index contributed by atoms with van der Waals surface area (Å²) in [6.45, 7) is 0. The van der Waals surface area contributed by atoms with Crippen molar-refractivity contribution in [2.24, 2.45) is 0 Å². The van der Waals surface area contributed by atoms with E-state index in [1.54, 1.807) is 24.3 Å². The third-order valence-electron chi connectivity index (χ3n) is 2.29. The van der Waals surface area contributed by atoms with Gasteiger partial charge in [-0.1, -0.05) is 11.6 Å². The molecule has 0 saturated heterocycles. The average Bonchev–Trinajstić information content (AvgIpc) is 2.33. The summed E-state index contributed by atoms with van der Waals surface area (Å²) in [5.41, 5.74) is 1.08. The van der Waals surface area contributed by atoms with Gasteiger partial charge in [0, 0.05) is 14.2 Å². The fraction of sp³-hybridized carbons (Fsp3) is 0. The summed E-state index contributed by atoms with van der Waals surface area (Å²) in [4.78, 5) is 11.9. The van der Waals surface area contributed by atoms with Gasteiger partial charge in [0.15, 0.2) is 0 Å². The molecule has 0 heterocycles. The van der Waals surface area contributed by atoms with Crippen molar-refractivity contribution in [3.63, 3.8) is 0 Å². The van der Waals surface area contributed by atoms with Crippen molar-refractivity contribution >= 4 is 45.8 Å². The van der Waals surface area contributed by atoms with Crippen molar-refractivity contribution in [1.82, 2.24) is 0 Å². The smallest absolute Gasteiger partial charge is 0.255 e. The van der Waals surface area contributed by atoms with Gasteiger partial charge in [-0.3, -0.25) is 4.79 Å². The number of halogens is 3. The summed E-state index contributed by atoms with van der Waals surface area (Å²) < 4.78 is 13.6. The molecule has 0 unspecified atom stereocenters. The van der Waals surface area contributed by atoms with E-state index in [1.165, 1.54) is 18.2 Å². The maximum Gasteiger partial charge on any atom is 0.255 e. The lowest BCUT2D eigenvalue weighted by Crippen LogP contribution is -2.12. The first-order valence-corrected chi connectivity index (χ1v) is 6.54. The molecule has 0 aliphatic rings. The summed E-state index contributed by atoms with van der Waals surface area (Å²) >= 11 is 7.71. The van der Waals surface area contributed by atoms with E-state index in [1.807, 2.05) is 22.6 Å². The van der Waals surface area contributed by atoms with Crippen LogP contribution in [0.15, 0.2) is 42.5 Å². The second-order valence-corrected chi connectivity index (χ2v) is 5.18. The molecule has 0 spiro atoms. The predicted octanol–water partition coefficient (Wildman–Crippen LogP) is 4.34. The largest absolute Gasteiger partial charge is 0.321 e. The third kappa shape index (κ3) is 3.20. The van der Waals surface area contributed by atoms with Crippen LogP contribution in [0.1, 0.15) is 10.4 Å². The first kappa shape index (κ1) is 13.3. The SMILES string of the molecule is O=C(Nc1ccc(F)cc1I)c1ccc(Cl)cc1. The van der Waals surface area contributed by atoms with Crippen LogP contribution in [-0.4, -0.2) is 5.91 Å². The van der Waals surface area contributed by atoms with Gasteiger partial charge in [-0.25, -0.2) is 4.39 Å². The minimum absolute atomic E-state index is 0.254. The van der Waals surface area contributed by atoms with Gasteiger partial charge in [0.2, 0.25) is 0 Å². The first-order chi connectivity index (χ1) is 8.56. The van der Waals surface area contributed by atoms with E-state index in [9.17, 15) is 9.18 Å². The Hall–Kier alpha value is -1.14. The van der Waals surface area contributed by atoms with Crippen molar-refractivity contribution in [2.75, 3.05) is 5.32 Å². The van der Waals surface area contributed by atoms with E-state index in [4.69, 9.17) is 11.6 Å². The van der Waals surface area contributed by atoms with Crippen molar-refractivity contribution in [2.45, 2.75) is 0 Å². The summed E-state index contributed by atoms with van der Waals surface area (Å²) in [7, 11) is 0. The van der Waals surface area contributed by atoms with Crippen LogP contribution in [-0.2, 0) is 0 Å². The molecule has 0 radical (unpaired) electrons. The topological polar surface area (TPSA) is 29.1 Å². The van der Waals surface area contributed by atoms with E-state index in [2.05, 4.69) is 5.32 Å². The number of benzene rings is 2. The lowest BCUT2D eigenvalue weighted by molar-refractivity contribution is 0.102. The van der Waals surface area contributed by atoms with Crippen LogP contribution >= 0.6 is 34.2 Å². The molecule has 2 rings (SSSR count). The monoisotopic (exact) mass is 375 g/mol. The highest BCUT2D eigenvalue weighted by atomic mass is 127. The summed E-state index contributed by atoms with van der Waals surface area (Å²) in [6, 6.07) is 10.8. The molecule has 0 aliphatic carbocycles. The Bertz CT molecular complexity index is 586. The van der Waals surface area contributed by atoms with E-state index < -0.39 is 0 Å². The van der Waals surface area contributed by atoms with Crippen LogP contribution in [0.25, 0.3) is 0 Å². The molecule has 0 saturated carbocycles. The molecule has 0 aromatic heterocycles. The molecule has 2 nitrogen and oxygen atoms in total. The molecule has 0 aliphatic heterocycles. The third-order valence-corrected chi connectivity index (χ3v) is 3.43. The molecule has 18 heavy (non-hydrogen) atoms. The standard InChI is InChI=1S/C13H8ClFINO/c14-9-3-1-8(2-4-9)13(18)17-12-6-5-10(15)7-11(12)16/h1-7H,(H,17,18). The molecule has 5 heteroatoms. The number of carbonyl (C=O) groups excluding carboxylic acids is 1. The molecular weight excluding hydrogens is 368 g/mol. The van der Waals surface area contributed by atoms with Crippen LogP contribution in [0.5, 0.6) is 0 Å². The van der Waals surface area contributed by atoms with Crippen LogP contribution in [0.4, 0.5) is 10.1 Å². The number of amides is 1. The van der Waals surface area contributed by atoms with E-state index >= 15 is 0 Å². The zero-order valence-corrected chi connectivity index (χ0v) is 12.0. The first-order valence-electron chi connectivity index (χ1n) is 5.08. The lowest BCUT2D eigenvalue weighted by atomic mass is 10.2. The molecule has 0 bridgehead atoms. The zero-order chi connectivity index (χ0) is 13.1. The van der Waals surface area contributed by atoms with E-state index in [-0.39, 0.29) is 11.7 Å². The molecule has 0 fully saturated rings. The Balaban J connectivity index is 2.18. The number of nitrogens with one attached hydrogen (secondary N) is 1. The number of rotatable bonds is 2. The summed E-state index contributed by atoms with van der Waals surface area (Å²) in [5.74, 6) is -0.583. The van der Waals surface area contributed by atoms with E-state index in [0.717, 1.165) is 0 Å². The highest BCUT2D eigenvalue weighted by Gasteiger charge is 2.08. The van der Waals surface area contributed by atoms with Gasteiger partial charge in [-0.2, -0.15) is 0 Å². The predicted molar refractivity (Wildman–Crippen MR) is 78.5 cm³/mol. The Kier molecular flexibility index (Phi) is 4.19. The van der Waals surface area contributed by atoms with Crippen molar-refractivity contribution in [3.05, 3.63) is 62.4 Å². The number of carbonyl (C=O) groups is 1. The minimum Gasteiger partial charge on any atom is -0.321 e. The normalized spacial score (nSPS) is 10.2. The highest BCUT2D eigenvalue weighted by Crippen LogP contribution is 2.20. The van der Waals surface area contributed by atoms with Gasteiger partial charge in [0.1, 0.15) is 5.82 Å². The van der Waals surface area contributed by atoms with Crippen LogP contribution < -0.4 is 5.32 Å². The molecule has 2 aromatic carbocycles. The summed E-state index contributed by atoms with van der Waals surface area (Å²) in [6.07, 6.45) is 0. The van der Waals surface area contributed by atoms with Crippen LogP contribution in [0.3, 0.4) is 0 Å². The van der Waals surface area contributed by atoms with Gasteiger partial charge in [0.05, 0.1) is 5.69 Å². The number of hydrogen-bond acceptors (Lipinski definition) is 1. The number of anilines is 1.